The number of aryl methyl sites for hydroxylation is 1. The molecule has 0 radical (unpaired) electrons. The molecule has 1 aromatic heterocycles. The van der Waals surface area contributed by atoms with E-state index in [1.807, 2.05) is 6.92 Å². The molecule has 0 fully saturated rings. The van der Waals surface area contributed by atoms with Crippen LogP contribution in [-0.4, -0.2) is 16.2 Å². The molecular weight excluding hydrogens is 440 g/mol. The summed E-state index contributed by atoms with van der Waals surface area (Å²) in [4.78, 5) is 10.2. The van der Waals surface area contributed by atoms with E-state index < -0.39 is 5.97 Å². The summed E-state index contributed by atoms with van der Waals surface area (Å²) < 4.78 is 4.74. The Morgan fingerprint density at radius 1 is 1.44 bits per heavy atom. The Kier molecular flexibility index (Phi) is 27.6. The fraction of sp³-hybridized carbons (Fsp3) is 0.429. The molecule has 9 heteroatoms. The molecule has 16 heavy (non-hydrogen) atoms. The van der Waals surface area contributed by atoms with Crippen LogP contribution in [-0.2, 0) is 38.7 Å². The number of carboxylic acids is 1. The van der Waals surface area contributed by atoms with Crippen LogP contribution in [0.3, 0.4) is 0 Å². The third kappa shape index (κ3) is 10.4. The van der Waals surface area contributed by atoms with Crippen LogP contribution in [0.4, 0.5) is 0 Å². The number of rotatable bonds is 3. The topological polar surface area (TPSA) is 133 Å². The summed E-state index contributed by atoms with van der Waals surface area (Å²) in [6, 6.07) is 1.66. The van der Waals surface area contributed by atoms with E-state index in [0.29, 0.717) is 5.76 Å². The van der Waals surface area contributed by atoms with Crippen molar-refractivity contribution in [3.05, 3.63) is 17.5 Å². The molecule has 0 amide bonds. The van der Waals surface area contributed by atoms with E-state index in [1.54, 1.807) is 6.07 Å². The normalized spacial score (nSPS) is 6.81. The van der Waals surface area contributed by atoms with Gasteiger partial charge in [0, 0.05) is 6.07 Å². The van der Waals surface area contributed by atoms with Gasteiger partial charge in [0.25, 0.3) is 0 Å². The van der Waals surface area contributed by atoms with E-state index in [2.05, 4.69) is 5.16 Å². The summed E-state index contributed by atoms with van der Waals surface area (Å²) in [5.74, 6) is -0.488. The SMILES string of the molecule is CCc1cc(CC(=O)O)on1.N.N.[Cl-].[Cl-].[Pt+2]. The van der Waals surface area contributed by atoms with Crippen LogP contribution in [0, 0.1) is 0 Å². The second-order valence-electron chi connectivity index (χ2n) is 2.21. The molecule has 0 spiro atoms. The van der Waals surface area contributed by atoms with Crippen molar-refractivity contribution >= 4 is 5.97 Å². The molecule has 0 saturated heterocycles. The van der Waals surface area contributed by atoms with Crippen molar-refractivity contribution in [1.29, 1.82) is 0 Å². The molecule has 0 unspecified atom stereocenters. The standard InChI is InChI=1S/C7H9NO3.2ClH.2H3N.Pt/c1-2-5-3-6(11-8-5)4-7(9)10;;;;;/h3H,2,4H2,1H3,(H,9,10);2*1H;2*1H3;/q;;;;;+2/p-2. The monoisotopic (exact) mass is 454 g/mol. The molecule has 0 aromatic carbocycles. The van der Waals surface area contributed by atoms with Gasteiger partial charge in [-0.2, -0.15) is 0 Å². The molecule has 0 atom stereocenters. The van der Waals surface area contributed by atoms with Gasteiger partial charge in [-0.3, -0.25) is 4.79 Å². The van der Waals surface area contributed by atoms with Gasteiger partial charge in [0.2, 0.25) is 0 Å². The largest absolute Gasteiger partial charge is 2.00 e. The van der Waals surface area contributed by atoms with Crippen LogP contribution in [0.25, 0.3) is 0 Å². The van der Waals surface area contributed by atoms with Gasteiger partial charge in [-0.15, -0.1) is 0 Å². The predicted molar refractivity (Wildman–Crippen MR) is 47.3 cm³/mol. The Morgan fingerprint density at radius 3 is 2.25 bits per heavy atom. The van der Waals surface area contributed by atoms with Crippen molar-refractivity contribution in [3.63, 3.8) is 0 Å². The molecule has 0 aliphatic heterocycles. The van der Waals surface area contributed by atoms with Gasteiger partial charge < -0.3 is 46.7 Å². The van der Waals surface area contributed by atoms with Crippen molar-refractivity contribution in [3.8, 4) is 0 Å². The number of hydrogen-bond donors (Lipinski definition) is 3. The Hall–Kier alpha value is -0.132. The second-order valence-corrected chi connectivity index (χ2v) is 2.21. The Bertz CT molecular complexity index is 273. The zero-order chi connectivity index (χ0) is 8.27. The molecule has 100 valence electrons. The number of nitrogens with zero attached hydrogens (tertiary/aromatic N) is 1. The first kappa shape index (κ1) is 29.7. The fourth-order valence-electron chi connectivity index (χ4n) is 0.755. The van der Waals surface area contributed by atoms with Crippen molar-refractivity contribution in [1.82, 2.24) is 17.5 Å². The first-order valence-electron chi connectivity index (χ1n) is 3.38. The van der Waals surface area contributed by atoms with Crippen molar-refractivity contribution in [2.45, 2.75) is 19.8 Å². The minimum atomic E-state index is -0.899. The number of carbonyl (C=O) groups is 1. The molecular formula is C7H15Cl2N3O3Pt. The molecule has 6 nitrogen and oxygen atoms in total. The van der Waals surface area contributed by atoms with Crippen LogP contribution < -0.4 is 37.1 Å². The van der Waals surface area contributed by atoms with Gasteiger partial charge in [-0.05, 0) is 6.42 Å². The summed E-state index contributed by atoms with van der Waals surface area (Å²) in [6.45, 7) is 1.93. The second kappa shape index (κ2) is 14.9. The maximum atomic E-state index is 10.2. The van der Waals surface area contributed by atoms with Gasteiger partial charge in [-0.1, -0.05) is 12.1 Å². The van der Waals surface area contributed by atoms with E-state index in [1.165, 1.54) is 0 Å². The molecule has 7 N–H and O–H groups in total. The van der Waals surface area contributed by atoms with E-state index in [4.69, 9.17) is 9.63 Å². The van der Waals surface area contributed by atoms with E-state index in [0.717, 1.165) is 12.1 Å². The van der Waals surface area contributed by atoms with Crippen LogP contribution >= 0.6 is 0 Å². The van der Waals surface area contributed by atoms with Crippen molar-refractivity contribution < 1.29 is 60.3 Å². The number of carboxylic acid groups (broad SMARTS) is 1. The number of halogens is 2. The maximum Gasteiger partial charge on any atom is 2.00 e. The summed E-state index contributed by atoms with van der Waals surface area (Å²) in [5, 5.41) is 12.0. The fourth-order valence-corrected chi connectivity index (χ4v) is 0.755. The maximum absolute atomic E-state index is 10.2. The molecule has 1 heterocycles. The quantitative estimate of drug-likeness (QED) is 0.419. The number of aliphatic carboxylic acids is 1. The average molecular weight is 455 g/mol. The van der Waals surface area contributed by atoms with Crippen LogP contribution in [0.1, 0.15) is 18.4 Å². The molecule has 0 saturated carbocycles. The smallest absolute Gasteiger partial charge is 1.00 e. The summed E-state index contributed by atoms with van der Waals surface area (Å²) in [5.41, 5.74) is 0.793. The third-order valence-corrected chi connectivity index (χ3v) is 1.30. The first-order valence-corrected chi connectivity index (χ1v) is 3.38. The van der Waals surface area contributed by atoms with Gasteiger partial charge >= 0.3 is 27.0 Å². The zero-order valence-corrected chi connectivity index (χ0v) is 12.5. The Labute approximate surface area is 121 Å². The summed E-state index contributed by atoms with van der Waals surface area (Å²) in [7, 11) is 0. The van der Waals surface area contributed by atoms with Gasteiger partial charge in [0.1, 0.15) is 12.2 Å². The number of aromatic nitrogens is 1. The Morgan fingerprint density at radius 2 is 1.94 bits per heavy atom. The summed E-state index contributed by atoms with van der Waals surface area (Å²) >= 11 is 0. The average Bonchev–Trinajstić information content (AvgIpc) is 2.34. The number of hydrogen-bond acceptors (Lipinski definition) is 5. The van der Waals surface area contributed by atoms with Crippen molar-refractivity contribution in [2.24, 2.45) is 0 Å². The zero-order valence-electron chi connectivity index (χ0n) is 8.69. The molecule has 0 aliphatic carbocycles. The molecule has 1 rings (SSSR count). The van der Waals surface area contributed by atoms with E-state index in [-0.39, 0.29) is 64.6 Å². The minimum Gasteiger partial charge on any atom is -1.00 e. The molecule has 0 bridgehead atoms. The predicted octanol–water partition coefficient (Wildman–Crippen LogP) is -4.81. The minimum absolute atomic E-state index is 0. The van der Waals surface area contributed by atoms with Crippen molar-refractivity contribution in [2.75, 3.05) is 0 Å². The third-order valence-electron chi connectivity index (χ3n) is 1.30. The van der Waals surface area contributed by atoms with Crippen LogP contribution in [0.5, 0.6) is 0 Å². The first-order chi connectivity index (χ1) is 5.22. The van der Waals surface area contributed by atoms with Gasteiger partial charge in [0.15, 0.2) is 0 Å². The van der Waals surface area contributed by atoms with E-state index >= 15 is 0 Å². The van der Waals surface area contributed by atoms with Crippen LogP contribution in [0.2, 0.25) is 0 Å². The molecule has 0 aliphatic rings. The summed E-state index contributed by atoms with van der Waals surface area (Å²) in [6.07, 6.45) is 0.677. The van der Waals surface area contributed by atoms with Crippen LogP contribution in [0.15, 0.2) is 10.6 Å². The Balaban J connectivity index is -0.0000000807. The van der Waals surface area contributed by atoms with E-state index in [9.17, 15) is 4.79 Å². The van der Waals surface area contributed by atoms with Gasteiger partial charge in [0.05, 0.1) is 5.69 Å². The molecule has 1 aromatic rings. The van der Waals surface area contributed by atoms with Gasteiger partial charge in [-0.25, -0.2) is 0 Å².